The van der Waals surface area contributed by atoms with Crippen LogP contribution >= 0.6 is 0 Å². The van der Waals surface area contributed by atoms with Crippen LogP contribution in [-0.4, -0.2) is 23.2 Å². The molecule has 1 aromatic rings. The number of hydrogen-bond acceptors (Lipinski definition) is 4. The molecule has 4 nitrogen and oxygen atoms in total. The number of nitrogens with zero attached hydrogens (tertiary/aromatic N) is 2. The number of rotatable bonds is 0. The molecule has 2 heterocycles. The van der Waals surface area contributed by atoms with Gasteiger partial charge in [0.1, 0.15) is 19.0 Å². The van der Waals surface area contributed by atoms with Crippen molar-refractivity contribution in [2.45, 2.75) is 33.1 Å². The minimum absolute atomic E-state index is 0.0689. The van der Waals surface area contributed by atoms with Crippen LogP contribution < -0.4 is 9.47 Å². The van der Waals surface area contributed by atoms with E-state index in [4.69, 9.17) is 9.47 Å². The first-order valence-corrected chi connectivity index (χ1v) is 5.13. The molecule has 2 rings (SSSR count). The minimum atomic E-state index is -0.0689. The Labute approximate surface area is 89.6 Å². The normalized spacial score (nSPS) is 15.2. The van der Waals surface area contributed by atoms with Gasteiger partial charge in [-0.3, -0.25) is 0 Å². The van der Waals surface area contributed by atoms with Gasteiger partial charge in [-0.15, -0.1) is 0 Å². The predicted octanol–water partition coefficient (Wildman–Crippen LogP) is 1.85. The molecule has 0 aromatic carbocycles. The zero-order chi connectivity index (χ0) is 11.1. The first-order valence-electron chi connectivity index (χ1n) is 5.13. The van der Waals surface area contributed by atoms with Crippen LogP contribution in [0.5, 0.6) is 11.6 Å². The Bertz CT molecular complexity index is 383. The Morgan fingerprint density at radius 1 is 1.07 bits per heavy atom. The topological polar surface area (TPSA) is 44.2 Å². The third-order valence-electron chi connectivity index (χ3n) is 2.24. The van der Waals surface area contributed by atoms with E-state index in [2.05, 4.69) is 30.7 Å². The highest BCUT2D eigenvalue weighted by atomic mass is 16.6. The van der Waals surface area contributed by atoms with E-state index in [0.717, 1.165) is 11.5 Å². The first-order chi connectivity index (χ1) is 6.98. The average Bonchev–Trinajstić information content (AvgIpc) is 2.16. The maximum Gasteiger partial charge on any atom is 0.260 e. The molecule has 0 aliphatic carbocycles. The van der Waals surface area contributed by atoms with Crippen LogP contribution in [0.15, 0.2) is 0 Å². The lowest BCUT2D eigenvalue weighted by molar-refractivity contribution is 0.160. The lowest BCUT2D eigenvalue weighted by Crippen LogP contribution is -2.22. The monoisotopic (exact) mass is 208 g/mol. The lowest BCUT2D eigenvalue weighted by atomic mass is 9.95. The molecule has 0 spiro atoms. The molecular weight excluding hydrogens is 192 g/mol. The summed E-state index contributed by atoms with van der Waals surface area (Å²) in [5.74, 6) is 2.07. The van der Waals surface area contributed by atoms with Crippen molar-refractivity contribution >= 4 is 0 Å². The van der Waals surface area contributed by atoms with Crippen molar-refractivity contribution in [1.82, 2.24) is 9.97 Å². The summed E-state index contributed by atoms with van der Waals surface area (Å²) in [6, 6.07) is 0. The molecule has 0 bridgehead atoms. The zero-order valence-corrected chi connectivity index (χ0v) is 9.63. The lowest BCUT2D eigenvalue weighted by Gasteiger charge is -2.23. The minimum Gasteiger partial charge on any atom is -0.483 e. The molecule has 1 aliphatic heterocycles. The highest BCUT2D eigenvalue weighted by Crippen LogP contribution is 2.32. The first kappa shape index (κ1) is 10.2. The molecular formula is C11H16N2O2. The second kappa shape index (κ2) is 3.36. The summed E-state index contributed by atoms with van der Waals surface area (Å²) in [7, 11) is 0. The molecule has 0 saturated heterocycles. The molecule has 0 N–H and O–H groups in total. The van der Waals surface area contributed by atoms with Crippen molar-refractivity contribution in [2.24, 2.45) is 0 Å². The van der Waals surface area contributed by atoms with E-state index in [9.17, 15) is 0 Å². The zero-order valence-electron chi connectivity index (χ0n) is 9.63. The van der Waals surface area contributed by atoms with Crippen molar-refractivity contribution in [3.8, 4) is 11.6 Å². The Balaban J connectivity index is 2.50. The molecule has 82 valence electrons. The van der Waals surface area contributed by atoms with Crippen molar-refractivity contribution in [3.63, 3.8) is 0 Å². The van der Waals surface area contributed by atoms with E-state index in [1.165, 1.54) is 0 Å². The SMILES string of the molecule is Cc1nc(C(C)(C)C)nc2c1OCCO2. The Hall–Kier alpha value is -1.32. The van der Waals surface area contributed by atoms with Crippen LogP contribution in [0.3, 0.4) is 0 Å². The predicted molar refractivity (Wildman–Crippen MR) is 56.5 cm³/mol. The van der Waals surface area contributed by atoms with E-state index >= 15 is 0 Å². The summed E-state index contributed by atoms with van der Waals surface area (Å²) in [6.07, 6.45) is 0. The van der Waals surface area contributed by atoms with Gasteiger partial charge in [-0.2, -0.15) is 4.98 Å². The fourth-order valence-corrected chi connectivity index (χ4v) is 1.42. The van der Waals surface area contributed by atoms with Crippen molar-refractivity contribution in [3.05, 3.63) is 11.5 Å². The number of hydrogen-bond donors (Lipinski definition) is 0. The molecule has 0 unspecified atom stereocenters. The van der Waals surface area contributed by atoms with Crippen LogP contribution in [0.25, 0.3) is 0 Å². The standard InChI is InChI=1S/C11H16N2O2/c1-7-8-9(15-6-5-14-8)13-10(12-7)11(2,3)4/h5-6H2,1-4H3. The Morgan fingerprint density at radius 2 is 1.73 bits per heavy atom. The average molecular weight is 208 g/mol. The fraction of sp³-hybridized carbons (Fsp3) is 0.636. The fourth-order valence-electron chi connectivity index (χ4n) is 1.42. The largest absolute Gasteiger partial charge is 0.483 e. The van der Waals surface area contributed by atoms with Crippen LogP contribution in [0, 0.1) is 6.92 Å². The van der Waals surface area contributed by atoms with Crippen molar-refractivity contribution in [2.75, 3.05) is 13.2 Å². The summed E-state index contributed by atoms with van der Waals surface area (Å²) in [6.45, 7) is 9.30. The van der Waals surface area contributed by atoms with Crippen LogP contribution in [-0.2, 0) is 5.41 Å². The summed E-state index contributed by atoms with van der Waals surface area (Å²) < 4.78 is 10.9. The summed E-state index contributed by atoms with van der Waals surface area (Å²) in [5, 5.41) is 0. The quantitative estimate of drug-likeness (QED) is 0.652. The smallest absolute Gasteiger partial charge is 0.260 e. The highest BCUT2D eigenvalue weighted by molar-refractivity contribution is 5.39. The van der Waals surface area contributed by atoms with Crippen LogP contribution in [0.4, 0.5) is 0 Å². The maximum absolute atomic E-state index is 5.47. The Morgan fingerprint density at radius 3 is 2.40 bits per heavy atom. The molecule has 15 heavy (non-hydrogen) atoms. The molecule has 0 saturated carbocycles. The summed E-state index contributed by atoms with van der Waals surface area (Å²) in [4.78, 5) is 8.83. The number of fused-ring (bicyclic) bond motifs is 1. The van der Waals surface area contributed by atoms with Crippen LogP contribution in [0.2, 0.25) is 0 Å². The van der Waals surface area contributed by atoms with Gasteiger partial charge in [0.2, 0.25) is 5.75 Å². The van der Waals surface area contributed by atoms with E-state index < -0.39 is 0 Å². The molecule has 0 amide bonds. The number of ether oxygens (including phenoxy) is 2. The van der Waals surface area contributed by atoms with Gasteiger partial charge in [-0.1, -0.05) is 20.8 Å². The van der Waals surface area contributed by atoms with Gasteiger partial charge in [0, 0.05) is 5.41 Å². The van der Waals surface area contributed by atoms with E-state index in [1.807, 2.05) is 6.92 Å². The molecule has 1 aliphatic rings. The van der Waals surface area contributed by atoms with Gasteiger partial charge in [0.15, 0.2) is 0 Å². The maximum atomic E-state index is 5.47. The third-order valence-corrected chi connectivity index (χ3v) is 2.24. The summed E-state index contributed by atoms with van der Waals surface area (Å²) >= 11 is 0. The molecule has 4 heteroatoms. The van der Waals surface area contributed by atoms with Gasteiger partial charge in [0.25, 0.3) is 5.88 Å². The van der Waals surface area contributed by atoms with Gasteiger partial charge >= 0.3 is 0 Å². The molecule has 0 atom stereocenters. The second-order valence-electron chi connectivity index (χ2n) is 4.71. The van der Waals surface area contributed by atoms with Gasteiger partial charge in [-0.25, -0.2) is 4.98 Å². The van der Waals surface area contributed by atoms with E-state index in [1.54, 1.807) is 0 Å². The number of aromatic nitrogens is 2. The summed E-state index contributed by atoms with van der Waals surface area (Å²) in [5.41, 5.74) is 0.783. The Kier molecular flexibility index (Phi) is 2.29. The second-order valence-corrected chi connectivity index (χ2v) is 4.71. The number of aryl methyl sites for hydroxylation is 1. The van der Waals surface area contributed by atoms with Gasteiger partial charge < -0.3 is 9.47 Å². The molecule has 0 fully saturated rings. The van der Waals surface area contributed by atoms with Gasteiger partial charge in [-0.05, 0) is 6.92 Å². The molecule has 0 radical (unpaired) electrons. The van der Waals surface area contributed by atoms with E-state index in [0.29, 0.717) is 24.8 Å². The van der Waals surface area contributed by atoms with Gasteiger partial charge in [0.05, 0.1) is 5.69 Å². The molecule has 1 aromatic heterocycles. The van der Waals surface area contributed by atoms with Crippen LogP contribution in [0.1, 0.15) is 32.3 Å². The van der Waals surface area contributed by atoms with E-state index in [-0.39, 0.29) is 5.41 Å². The third kappa shape index (κ3) is 1.89. The highest BCUT2D eigenvalue weighted by Gasteiger charge is 2.24. The van der Waals surface area contributed by atoms with Crippen molar-refractivity contribution < 1.29 is 9.47 Å². The van der Waals surface area contributed by atoms with Crippen molar-refractivity contribution in [1.29, 1.82) is 0 Å².